The summed E-state index contributed by atoms with van der Waals surface area (Å²) in [4.78, 5) is 2.23. The minimum atomic E-state index is -2.69. The molecule has 0 unspecified atom stereocenters. The molecule has 45 heavy (non-hydrogen) atoms. The minimum Gasteiger partial charge on any atom is -0.374 e. The molecule has 0 radical (unpaired) electrons. The Kier molecular flexibility index (Phi) is 16.3. The first kappa shape index (κ1) is 37.0. The van der Waals surface area contributed by atoms with Crippen LogP contribution in [0.5, 0.6) is 0 Å². The van der Waals surface area contributed by atoms with Crippen molar-refractivity contribution in [2.24, 2.45) is 0 Å². The standard InChI is InChI=1S/C30H53N7O6Si2/c1-7-38-44(39-8-2,40-9-3)22-16-20-36-26-28(31-33-36)24-35(30-18-14-13-15-19-30)25-29-27-37(34-32-29)21-17-23-45(41-10-4,42-11-5)43-12-6/h13-15,18-19,26-27H,7-12,16-17,20-25H2,1-6H3. The fraction of sp³-hybridized carbons (Fsp3) is 0.667. The van der Waals surface area contributed by atoms with Crippen molar-refractivity contribution in [3.05, 3.63) is 54.1 Å². The van der Waals surface area contributed by atoms with Gasteiger partial charge in [-0.2, -0.15) is 0 Å². The number of para-hydroxylation sites is 1. The van der Waals surface area contributed by atoms with E-state index >= 15 is 0 Å². The van der Waals surface area contributed by atoms with Crippen molar-refractivity contribution in [3.63, 3.8) is 0 Å². The number of anilines is 1. The summed E-state index contributed by atoms with van der Waals surface area (Å²) in [7, 11) is -5.37. The highest BCUT2D eigenvalue weighted by Gasteiger charge is 2.40. The zero-order valence-electron chi connectivity index (χ0n) is 28.0. The number of aromatic nitrogens is 6. The van der Waals surface area contributed by atoms with Crippen molar-refractivity contribution >= 4 is 23.3 Å². The number of hydrogen-bond donors (Lipinski definition) is 0. The van der Waals surface area contributed by atoms with Gasteiger partial charge in [0.1, 0.15) is 11.4 Å². The molecule has 0 saturated heterocycles. The van der Waals surface area contributed by atoms with Crippen LogP contribution in [0.1, 0.15) is 65.8 Å². The van der Waals surface area contributed by atoms with E-state index < -0.39 is 17.6 Å². The summed E-state index contributed by atoms with van der Waals surface area (Å²) in [5, 5.41) is 17.8. The summed E-state index contributed by atoms with van der Waals surface area (Å²) in [5.74, 6) is 0. The first-order chi connectivity index (χ1) is 21.9. The number of rotatable bonds is 25. The van der Waals surface area contributed by atoms with Gasteiger partial charge < -0.3 is 31.5 Å². The molecule has 13 nitrogen and oxygen atoms in total. The zero-order chi connectivity index (χ0) is 32.4. The van der Waals surface area contributed by atoms with Gasteiger partial charge in [-0.05, 0) is 66.5 Å². The van der Waals surface area contributed by atoms with E-state index in [0.29, 0.717) is 65.8 Å². The van der Waals surface area contributed by atoms with Crippen LogP contribution in [-0.2, 0) is 52.7 Å². The summed E-state index contributed by atoms with van der Waals surface area (Å²) in [5.41, 5.74) is 2.82. The van der Waals surface area contributed by atoms with Gasteiger partial charge in [0, 0.05) is 70.5 Å². The Balaban J connectivity index is 1.61. The molecular weight excluding hydrogens is 611 g/mol. The normalized spacial score (nSPS) is 12.2. The number of benzene rings is 1. The lowest BCUT2D eigenvalue weighted by atomic mass is 10.2. The molecule has 3 rings (SSSR count). The van der Waals surface area contributed by atoms with Crippen LogP contribution in [0.2, 0.25) is 12.1 Å². The summed E-state index contributed by atoms with van der Waals surface area (Å²) < 4.78 is 39.7. The molecule has 0 spiro atoms. The van der Waals surface area contributed by atoms with Gasteiger partial charge in [0.15, 0.2) is 0 Å². The molecule has 0 atom stereocenters. The lowest BCUT2D eigenvalue weighted by molar-refractivity contribution is 0.0696. The third-order valence-corrected chi connectivity index (χ3v) is 13.2. The second-order valence-electron chi connectivity index (χ2n) is 10.3. The van der Waals surface area contributed by atoms with Gasteiger partial charge in [-0.3, -0.25) is 9.36 Å². The maximum atomic E-state index is 5.99. The first-order valence-corrected chi connectivity index (χ1v) is 20.2. The second-order valence-corrected chi connectivity index (χ2v) is 15.8. The largest absolute Gasteiger partial charge is 0.500 e. The summed E-state index contributed by atoms with van der Waals surface area (Å²) in [6.45, 7) is 17.8. The lowest BCUT2D eigenvalue weighted by Gasteiger charge is -2.28. The van der Waals surface area contributed by atoms with Gasteiger partial charge >= 0.3 is 17.6 Å². The van der Waals surface area contributed by atoms with Crippen molar-refractivity contribution in [1.82, 2.24) is 30.0 Å². The van der Waals surface area contributed by atoms with Gasteiger partial charge in [-0.1, -0.05) is 28.6 Å². The molecule has 0 aliphatic heterocycles. The zero-order valence-corrected chi connectivity index (χ0v) is 30.0. The highest BCUT2D eigenvalue weighted by Crippen LogP contribution is 2.22. The van der Waals surface area contributed by atoms with Crippen LogP contribution in [0.4, 0.5) is 5.69 Å². The molecule has 0 aliphatic carbocycles. The minimum absolute atomic E-state index is 0.570. The average Bonchev–Trinajstić information content (AvgIpc) is 3.67. The topological polar surface area (TPSA) is 120 Å². The smallest absolute Gasteiger partial charge is 0.374 e. The van der Waals surface area contributed by atoms with E-state index in [-0.39, 0.29) is 0 Å². The number of aryl methyl sites for hydroxylation is 2. The van der Waals surface area contributed by atoms with Crippen molar-refractivity contribution in [3.8, 4) is 0 Å². The molecule has 3 aromatic rings. The lowest BCUT2D eigenvalue weighted by Crippen LogP contribution is -2.46. The maximum absolute atomic E-state index is 5.99. The Morgan fingerprint density at radius 2 is 0.956 bits per heavy atom. The number of hydrogen-bond acceptors (Lipinski definition) is 11. The molecule has 2 aromatic heterocycles. The fourth-order valence-corrected chi connectivity index (χ4v) is 10.4. The average molecular weight is 664 g/mol. The van der Waals surface area contributed by atoms with Gasteiger partial charge in [-0.15, -0.1) is 10.2 Å². The molecule has 0 bridgehead atoms. The molecule has 0 aliphatic rings. The van der Waals surface area contributed by atoms with Crippen LogP contribution >= 0.6 is 0 Å². The molecule has 15 heteroatoms. The van der Waals surface area contributed by atoms with Crippen LogP contribution in [0.3, 0.4) is 0 Å². The van der Waals surface area contributed by atoms with Crippen molar-refractivity contribution in [1.29, 1.82) is 0 Å². The van der Waals surface area contributed by atoms with E-state index in [1.54, 1.807) is 0 Å². The summed E-state index contributed by atoms with van der Waals surface area (Å²) >= 11 is 0. The fourth-order valence-electron chi connectivity index (χ4n) is 5.23. The van der Waals surface area contributed by atoms with E-state index in [4.69, 9.17) is 26.6 Å². The SMILES string of the molecule is CCO[Si](CCCn1cc(CN(Cc2cn(CCC[Si](OCC)(OCC)OCC)nn2)c2ccccc2)nn1)(OCC)OCC. The molecule has 0 amide bonds. The monoisotopic (exact) mass is 663 g/mol. The third-order valence-electron chi connectivity index (χ3n) is 6.93. The highest BCUT2D eigenvalue weighted by atomic mass is 28.4. The van der Waals surface area contributed by atoms with E-state index in [0.717, 1.165) is 42.0 Å². The Labute approximate surface area is 270 Å². The molecule has 0 saturated carbocycles. The van der Waals surface area contributed by atoms with Crippen molar-refractivity contribution in [2.45, 2.75) is 92.7 Å². The molecule has 252 valence electrons. The van der Waals surface area contributed by atoms with Crippen LogP contribution < -0.4 is 4.90 Å². The Morgan fingerprint density at radius 1 is 0.578 bits per heavy atom. The highest BCUT2D eigenvalue weighted by molar-refractivity contribution is 6.61. The Morgan fingerprint density at radius 3 is 1.31 bits per heavy atom. The maximum Gasteiger partial charge on any atom is 0.500 e. The van der Waals surface area contributed by atoms with Crippen molar-refractivity contribution in [2.75, 3.05) is 44.5 Å². The van der Waals surface area contributed by atoms with E-state index in [1.807, 2.05) is 81.5 Å². The van der Waals surface area contributed by atoms with Gasteiger partial charge in [-0.25, -0.2) is 0 Å². The van der Waals surface area contributed by atoms with E-state index in [1.165, 1.54) is 0 Å². The number of nitrogens with zero attached hydrogens (tertiary/aromatic N) is 7. The van der Waals surface area contributed by atoms with Gasteiger partial charge in [0.05, 0.1) is 25.5 Å². The van der Waals surface area contributed by atoms with E-state index in [9.17, 15) is 0 Å². The molecular formula is C30H53N7O6Si2. The van der Waals surface area contributed by atoms with Crippen LogP contribution in [0.15, 0.2) is 42.7 Å². The first-order valence-electron chi connectivity index (χ1n) is 16.4. The Bertz CT molecular complexity index is 1100. The third kappa shape index (κ3) is 12.0. The molecule has 2 heterocycles. The van der Waals surface area contributed by atoms with Crippen LogP contribution in [0.25, 0.3) is 0 Å². The molecule has 1 aromatic carbocycles. The van der Waals surface area contributed by atoms with E-state index in [2.05, 4.69) is 37.7 Å². The predicted molar refractivity (Wildman–Crippen MR) is 176 cm³/mol. The molecule has 0 fully saturated rings. The van der Waals surface area contributed by atoms with Crippen molar-refractivity contribution < 1.29 is 26.6 Å². The predicted octanol–water partition coefficient (Wildman–Crippen LogP) is 4.95. The van der Waals surface area contributed by atoms with Gasteiger partial charge in [0.2, 0.25) is 0 Å². The summed E-state index contributed by atoms with van der Waals surface area (Å²) in [6, 6.07) is 11.7. The van der Waals surface area contributed by atoms with Gasteiger partial charge in [0.25, 0.3) is 0 Å². The molecule has 0 N–H and O–H groups in total. The van der Waals surface area contributed by atoms with Crippen LogP contribution in [0, 0.1) is 0 Å². The quantitative estimate of drug-likeness (QED) is 0.115. The second kappa shape index (κ2) is 19.9. The summed E-state index contributed by atoms with van der Waals surface area (Å²) in [6.07, 6.45) is 5.65. The Hall–Kier alpha value is -2.51. The van der Waals surface area contributed by atoms with Crippen LogP contribution in [-0.4, -0.2) is 87.2 Å².